The molecule has 0 N–H and O–H groups in total. The van der Waals surface area contributed by atoms with Crippen LogP contribution in [0, 0.1) is 10.1 Å². The van der Waals surface area contributed by atoms with Crippen LogP contribution in [0.3, 0.4) is 0 Å². The summed E-state index contributed by atoms with van der Waals surface area (Å²) in [5.41, 5.74) is -0.672. The minimum atomic E-state index is -3.03. The highest BCUT2D eigenvalue weighted by atomic mass is 19.3. The first-order valence-corrected chi connectivity index (χ1v) is 4.44. The highest BCUT2D eigenvalue weighted by molar-refractivity contribution is 5.72. The molecule has 1 heterocycles. The molecule has 8 heteroatoms. The zero-order chi connectivity index (χ0) is 13.0. The number of carbonyl (C=O) groups is 1. The van der Waals surface area contributed by atoms with Crippen molar-refractivity contribution >= 4 is 11.8 Å². The molecule has 92 valence electrons. The highest BCUT2D eigenvalue weighted by Gasteiger charge is 2.24. The monoisotopic (exact) mass is 246 g/mol. The van der Waals surface area contributed by atoms with Gasteiger partial charge in [0.25, 0.3) is 6.43 Å². The van der Waals surface area contributed by atoms with E-state index in [0.717, 1.165) is 19.4 Å². The molecule has 0 spiro atoms. The predicted molar refractivity (Wildman–Crippen MR) is 51.6 cm³/mol. The average Bonchev–Trinajstić information content (AvgIpc) is 2.28. The van der Waals surface area contributed by atoms with Crippen molar-refractivity contribution in [3.05, 3.63) is 33.5 Å². The molecule has 0 saturated carbocycles. The summed E-state index contributed by atoms with van der Waals surface area (Å²) in [6.07, 6.45) is -2.29. The number of hydrogen-bond donors (Lipinski definition) is 0. The van der Waals surface area contributed by atoms with Crippen LogP contribution in [0.5, 0.6) is 0 Å². The van der Waals surface area contributed by atoms with Crippen LogP contribution in [0.1, 0.15) is 17.6 Å². The number of hydrogen-bond acceptors (Lipinski definition) is 5. The van der Waals surface area contributed by atoms with E-state index < -0.39 is 28.7 Å². The van der Waals surface area contributed by atoms with Gasteiger partial charge in [-0.2, -0.15) is 0 Å². The molecule has 0 amide bonds. The van der Waals surface area contributed by atoms with Crippen molar-refractivity contribution in [2.24, 2.45) is 0 Å². The van der Waals surface area contributed by atoms with Gasteiger partial charge in [-0.3, -0.25) is 4.79 Å². The van der Waals surface area contributed by atoms with E-state index in [1.807, 2.05) is 0 Å². The third-order valence-electron chi connectivity index (χ3n) is 1.94. The third-order valence-corrected chi connectivity index (χ3v) is 1.94. The van der Waals surface area contributed by atoms with Crippen LogP contribution in [0.4, 0.5) is 14.6 Å². The summed E-state index contributed by atoms with van der Waals surface area (Å²) in [4.78, 5) is 23.6. The van der Waals surface area contributed by atoms with Crippen LogP contribution in [0.25, 0.3) is 0 Å². The quantitative estimate of drug-likeness (QED) is 0.458. The van der Waals surface area contributed by atoms with Gasteiger partial charge in [-0.15, -0.1) is 0 Å². The Kier molecular flexibility index (Phi) is 4.02. The molecule has 0 aliphatic heterocycles. The fourth-order valence-electron chi connectivity index (χ4n) is 1.17. The molecule has 0 bridgehead atoms. The van der Waals surface area contributed by atoms with Crippen LogP contribution < -0.4 is 0 Å². The third kappa shape index (κ3) is 3.16. The van der Waals surface area contributed by atoms with Gasteiger partial charge in [0.15, 0.2) is 0 Å². The number of carbonyl (C=O) groups excluding carboxylic acids is 1. The van der Waals surface area contributed by atoms with E-state index in [9.17, 15) is 23.7 Å². The predicted octanol–water partition coefficient (Wildman–Crippen LogP) is 1.64. The second-order valence-corrected chi connectivity index (χ2v) is 3.07. The summed E-state index contributed by atoms with van der Waals surface area (Å²) in [6.45, 7) is 0. The fourth-order valence-corrected chi connectivity index (χ4v) is 1.17. The normalized spacial score (nSPS) is 10.4. The molecule has 0 aliphatic carbocycles. The Morgan fingerprint density at radius 3 is 2.76 bits per heavy atom. The maximum atomic E-state index is 12.5. The number of halogens is 2. The van der Waals surface area contributed by atoms with Crippen LogP contribution in [-0.4, -0.2) is 23.0 Å². The van der Waals surface area contributed by atoms with Crippen molar-refractivity contribution in [3.63, 3.8) is 0 Å². The van der Waals surface area contributed by atoms with Crippen molar-refractivity contribution < 1.29 is 23.2 Å². The zero-order valence-electron chi connectivity index (χ0n) is 8.72. The molecule has 6 nitrogen and oxygen atoms in total. The number of pyridine rings is 1. The molecule has 0 unspecified atom stereocenters. The summed E-state index contributed by atoms with van der Waals surface area (Å²) in [5.74, 6) is -1.55. The molecule has 17 heavy (non-hydrogen) atoms. The Labute approximate surface area is 94.4 Å². The van der Waals surface area contributed by atoms with Gasteiger partial charge in [-0.25, -0.2) is 8.78 Å². The first-order valence-electron chi connectivity index (χ1n) is 4.44. The summed E-state index contributed by atoms with van der Waals surface area (Å²) in [6, 6.07) is 0.882. The molecule has 0 radical (unpaired) electrons. The lowest BCUT2D eigenvalue weighted by Gasteiger charge is -2.03. The van der Waals surface area contributed by atoms with Gasteiger partial charge in [-0.1, -0.05) is 0 Å². The van der Waals surface area contributed by atoms with Crippen LogP contribution in [-0.2, 0) is 16.0 Å². The van der Waals surface area contributed by atoms with Gasteiger partial charge < -0.3 is 14.9 Å². The lowest BCUT2D eigenvalue weighted by molar-refractivity contribution is -0.391. The topological polar surface area (TPSA) is 82.3 Å². The number of esters is 1. The molecule has 0 atom stereocenters. The van der Waals surface area contributed by atoms with Gasteiger partial charge >= 0.3 is 11.8 Å². The van der Waals surface area contributed by atoms with Crippen molar-refractivity contribution in [2.75, 3.05) is 7.11 Å². The van der Waals surface area contributed by atoms with E-state index in [4.69, 9.17) is 0 Å². The number of alkyl halides is 2. The van der Waals surface area contributed by atoms with Gasteiger partial charge in [0.1, 0.15) is 11.8 Å². The number of rotatable bonds is 4. The van der Waals surface area contributed by atoms with Gasteiger partial charge in [0.05, 0.1) is 13.5 Å². The molecule has 0 fully saturated rings. The Hall–Kier alpha value is -2.12. The Balaban J connectivity index is 3.10. The Bertz CT molecular complexity index is 451. The standard InChI is InChI=1S/C9H8F2N2O4/c1-17-7(14)3-5-2-6(8(10)11)9(12-4-5)13(15)16/h2,4,8H,3H2,1H3. The summed E-state index contributed by atoms with van der Waals surface area (Å²) in [7, 11) is 1.15. The molecule has 0 aliphatic rings. The van der Waals surface area contributed by atoms with Crippen molar-refractivity contribution in [2.45, 2.75) is 12.8 Å². The largest absolute Gasteiger partial charge is 0.469 e. The highest BCUT2D eigenvalue weighted by Crippen LogP contribution is 2.27. The Morgan fingerprint density at radius 2 is 2.29 bits per heavy atom. The maximum absolute atomic E-state index is 12.5. The fraction of sp³-hybridized carbons (Fsp3) is 0.333. The van der Waals surface area contributed by atoms with Crippen LogP contribution in [0.15, 0.2) is 12.3 Å². The number of nitro groups is 1. The van der Waals surface area contributed by atoms with E-state index in [-0.39, 0.29) is 12.0 Å². The summed E-state index contributed by atoms with van der Waals surface area (Å²) < 4.78 is 29.4. The molecule has 1 aromatic heterocycles. The molecular formula is C9H8F2N2O4. The minimum Gasteiger partial charge on any atom is -0.469 e. The van der Waals surface area contributed by atoms with E-state index in [0.29, 0.717) is 0 Å². The van der Waals surface area contributed by atoms with Crippen LogP contribution >= 0.6 is 0 Å². The minimum absolute atomic E-state index is 0.137. The van der Waals surface area contributed by atoms with Crippen molar-refractivity contribution in [1.82, 2.24) is 4.98 Å². The van der Waals surface area contributed by atoms with E-state index in [1.54, 1.807) is 0 Å². The molecule has 0 saturated heterocycles. The summed E-state index contributed by atoms with van der Waals surface area (Å²) >= 11 is 0. The van der Waals surface area contributed by atoms with Crippen molar-refractivity contribution in [3.8, 4) is 0 Å². The SMILES string of the molecule is COC(=O)Cc1cnc([N+](=O)[O-])c(C(F)F)c1. The first-order chi connectivity index (χ1) is 7.95. The average molecular weight is 246 g/mol. The van der Waals surface area contributed by atoms with Gasteiger partial charge in [-0.05, 0) is 16.0 Å². The van der Waals surface area contributed by atoms with E-state index in [1.165, 1.54) is 0 Å². The smallest absolute Gasteiger partial charge is 0.372 e. The maximum Gasteiger partial charge on any atom is 0.372 e. The van der Waals surface area contributed by atoms with Crippen molar-refractivity contribution in [1.29, 1.82) is 0 Å². The summed E-state index contributed by atoms with van der Waals surface area (Å²) in [5, 5.41) is 10.4. The first kappa shape index (κ1) is 12.9. The lowest BCUT2D eigenvalue weighted by atomic mass is 10.1. The second-order valence-electron chi connectivity index (χ2n) is 3.07. The molecule has 1 rings (SSSR count). The number of methoxy groups -OCH3 is 1. The lowest BCUT2D eigenvalue weighted by Crippen LogP contribution is -2.07. The van der Waals surface area contributed by atoms with Gasteiger partial charge in [0, 0.05) is 5.56 Å². The zero-order valence-corrected chi connectivity index (χ0v) is 8.72. The van der Waals surface area contributed by atoms with Gasteiger partial charge in [0.2, 0.25) is 0 Å². The second kappa shape index (κ2) is 5.28. The number of nitrogens with zero attached hydrogens (tertiary/aromatic N) is 2. The number of ether oxygens (including phenoxy) is 1. The number of aromatic nitrogens is 1. The van der Waals surface area contributed by atoms with E-state index in [2.05, 4.69) is 9.72 Å². The molecule has 1 aromatic rings. The molecule has 0 aromatic carbocycles. The molecular weight excluding hydrogens is 238 g/mol. The Morgan fingerprint density at radius 1 is 1.65 bits per heavy atom. The van der Waals surface area contributed by atoms with E-state index >= 15 is 0 Å². The van der Waals surface area contributed by atoms with Crippen LogP contribution in [0.2, 0.25) is 0 Å².